The molecule has 1 aliphatic rings. The SMILES string of the molecule is O=C(O)c1ccc2c(c1)Cc1cccc(c1)CN(Cc1cccc(F)c1)CCCCCO2. The minimum Gasteiger partial charge on any atom is -0.493 e. The van der Waals surface area contributed by atoms with Crippen molar-refractivity contribution < 1.29 is 19.0 Å². The molecule has 4 nitrogen and oxygen atoms in total. The highest BCUT2D eigenvalue weighted by Crippen LogP contribution is 2.25. The second-order valence-electron chi connectivity index (χ2n) is 8.37. The summed E-state index contributed by atoms with van der Waals surface area (Å²) < 4.78 is 19.7. The number of aromatic carboxylic acids is 1. The fourth-order valence-electron chi connectivity index (χ4n) is 4.21. The summed E-state index contributed by atoms with van der Waals surface area (Å²) in [5, 5.41) is 9.40. The van der Waals surface area contributed by atoms with E-state index < -0.39 is 5.97 Å². The summed E-state index contributed by atoms with van der Waals surface area (Å²) in [6.45, 7) is 3.01. The van der Waals surface area contributed by atoms with E-state index in [1.165, 1.54) is 11.6 Å². The zero-order chi connectivity index (χ0) is 22.3. The Morgan fingerprint density at radius 2 is 1.81 bits per heavy atom. The van der Waals surface area contributed by atoms with E-state index in [4.69, 9.17) is 4.74 Å². The summed E-state index contributed by atoms with van der Waals surface area (Å²) in [5.74, 6) is -0.387. The highest BCUT2D eigenvalue weighted by molar-refractivity contribution is 5.88. The molecule has 0 aliphatic carbocycles. The summed E-state index contributed by atoms with van der Waals surface area (Å²) in [6, 6.07) is 20.3. The van der Waals surface area contributed by atoms with Gasteiger partial charge < -0.3 is 9.84 Å². The maximum absolute atomic E-state index is 13.7. The number of hydrogen-bond acceptors (Lipinski definition) is 3. The van der Waals surface area contributed by atoms with Crippen LogP contribution in [0, 0.1) is 5.82 Å². The van der Waals surface area contributed by atoms with Crippen LogP contribution in [-0.4, -0.2) is 29.1 Å². The number of benzene rings is 3. The Morgan fingerprint density at radius 1 is 0.969 bits per heavy atom. The molecule has 0 saturated heterocycles. The molecule has 1 N–H and O–H groups in total. The predicted octanol–water partition coefficient (Wildman–Crippen LogP) is 5.68. The highest BCUT2D eigenvalue weighted by Gasteiger charge is 2.13. The Labute approximate surface area is 188 Å². The van der Waals surface area contributed by atoms with E-state index in [0.717, 1.165) is 54.8 Å². The molecule has 3 aromatic rings. The Morgan fingerprint density at radius 3 is 2.66 bits per heavy atom. The maximum Gasteiger partial charge on any atom is 0.335 e. The van der Waals surface area contributed by atoms with Gasteiger partial charge in [-0.25, -0.2) is 9.18 Å². The average molecular weight is 434 g/mol. The maximum atomic E-state index is 13.7. The number of carboxylic acids is 1. The predicted molar refractivity (Wildman–Crippen MR) is 123 cm³/mol. The molecule has 1 aliphatic heterocycles. The van der Waals surface area contributed by atoms with Gasteiger partial charge in [-0.1, -0.05) is 36.4 Å². The lowest BCUT2D eigenvalue weighted by atomic mass is 9.99. The largest absolute Gasteiger partial charge is 0.493 e. The van der Waals surface area contributed by atoms with Gasteiger partial charge in [-0.2, -0.15) is 0 Å². The highest BCUT2D eigenvalue weighted by atomic mass is 19.1. The number of hydrogen-bond donors (Lipinski definition) is 1. The first-order chi connectivity index (χ1) is 15.6. The van der Waals surface area contributed by atoms with Gasteiger partial charge in [0.2, 0.25) is 0 Å². The van der Waals surface area contributed by atoms with E-state index in [1.807, 2.05) is 12.1 Å². The van der Waals surface area contributed by atoms with Crippen molar-refractivity contribution >= 4 is 5.97 Å². The third kappa shape index (κ3) is 5.95. The molecule has 3 aromatic carbocycles. The van der Waals surface area contributed by atoms with Crippen molar-refractivity contribution in [1.82, 2.24) is 4.90 Å². The summed E-state index contributed by atoms with van der Waals surface area (Å²) in [4.78, 5) is 13.8. The third-order valence-electron chi connectivity index (χ3n) is 5.77. The topological polar surface area (TPSA) is 49.8 Å². The van der Waals surface area contributed by atoms with Crippen molar-refractivity contribution in [2.24, 2.45) is 0 Å². The van der Waals surface area contributed by atoms with Gasteiger partial charge in [0.05, 0.1) is 12.2 Å². The summed E-state index contributed by atoms with van der Waals surface area (Å²) in [6.07, 6.45) is 3.60. The van der Waals surface area contributed by atoms with Crippen molar-refractivity contribution in [1.29, 1.82) is 0 Å². The molecule has 5 heteroatoms. The molecule has 166 valence electrons. The minimum absolute atomic E-state index is 0.205. The van der Waals surface area contributed by atoms with Crippen molar-refractivity contribution in [2.75, 3.05) is 13.2 Å². The van der Waals surface area contributed by atoms with Crippen molar-refractivity contribution in [2.45, 2.75) is 38.8 Å². The molecule has 0 fully saturated rings. The van der Waals surface area contributed by atoms with Crippen molar-refractivity contribution in [3.63, 3.8) is 0 Å². The van der Waals surface area contributed by atoms with E-state index in [-0.39, 0.29) is 11.4 Å². The quantitative estimate of drug-likeness (QED) is 0.577. The summed E-state index contributed by atoms with van der Waals surface area (Å²) in [5.41, 5.74) is 4.42. The van der Waals surface area contributed by atoms with E-state index >= 15 is 0 Å². The van der Waals surface area contributed by atoms with Crippen LogP contribution in [0.1, 0.15) is 51.9 Å². The van der Waals surface area contributed by atoms with Gasteiger partial charge in [0.25, 0.3) is 0 Å². The van der Waals surface area contributed by atoms with Crippen LogP contribution >= 0.6 is 0 Å². The Hall–Kier alpha value is -3.18. The van der Waals surface area contributed by atoms with E-state index in [2.05, 4.69) is 23.1 Å². The molecule has 0 aromatic heterocycles. The standard InChI is InChI=1S/C27H28FNO3/c28-25-9-5-8-22(16-25)19-29-12-2-1-3-13-32-26-11-10-23(27(30)31)17-24(26)15-20-6-4-7-21(14-20)18-29/h4-11,14,16-17H,1-3,12-13,15,18-19H2,(H,30,31). The molecule has 0 amide bonds. The van der Waals surface area contributed by atoms with E-state index in [0.29, 0.717) is 19.6 Å². The summed E-state index contributed by atoms with van der Waals surface area (Å²) in [7, 11) is 0. The van der Waals surface area contributed by atoms with Crippen LogP contribution in [0.4, 0.5) is 4.39 Å². The number of nitrogens with zero attached hydrogens (tertiary/aromatic N) is 1. The zero-order valence-corrected chi connectivity index (χ0v) is 18.1. The van der Waals surface area contributed by atoms with Gasteiger partial charge in [0, 0.05) is 19.5 Å². The molecule has 2 bridgehead atoms. The Balaban J connectivity index is 1.60. The molecule has 0 atom stereocenters. The number of fused-ring (bicyclic) bond motifs is 3. The van der Waals surface area contributed by atoms with Crippen LogP contribution in [0.25, 0.3) is 0 Å². The fraction of sp³-hybridized carbons (Fsp3) is 0.296. The van der Waals surface area contributed by atoms with Crippen LogP contribution < -0.4 is 4.74 Å². The second-order valence-corrected chi connectivity index (χ2v) is 8.37. The number of halogens is 1. The van der Waals surface area contributed by atoms with Crippen LogP contribution in [-0.2, 0) is 19.5 Å². The van der Waals surface area contributed by atoms with Crippen LogP contribution in [0.5, 0.6) is 5.75 Å². The molecule has 0 radical (unpaired) electrons. The van der Waals surface area contributed by atoms with Gasteiger partial charge in [0.15, 0.2) is 0 Å². The van der Waals surface area contributed by atoms with Crippen molar-refractivity contribution in [3.05, 3.63) is 100 Å². The lowest BCUT2D eigenvalue weighted by Gasteiger charge is -2.23. The Kier molecular flexibility index (Phi) is 7.17. The van der Waals surface area contributed by atoms with Gasteiger partial charge in [0.1, 0.15) is 11.6 Å². The first-order valence-electron chi connectivity index (χ1n) is 11.1. The van der Waals surface area contributed by atoms with Gasteiger partial charge >= 0.3 is 5.97 Å². The normalized spacial score (nSPS) is 15.3. The smallest absolute Gasteiger partial charge is 0.335 e. The van der Waals surface area contributed by atoms with Crippen LogP contribution in [0.15, 0.2) is 66.7 Å². The zero-order valence-electron chi connectivity index (χ0n) is 18.1. The molecular weight excluding hydrogens is 405 g/mol. The third-order valence-corrected chi connectivity index (χ3v) is 5.77. The van der Waals surface area contributed by atoms with Crippen LogP contribution in [0.2, 0.25) is 0 Å². The number of carbonyl (C=O) groups is 1. The minimum atomic E-state index is -0.936. The monoisotopic (exact) mass is 433 g/mol. The number of rotatable bonds is 3. The van der Waals surface area contributed by atoms with E-state index in [9.17, 15) is 14.3 Å². The van der Waals surface area contributed by atoms with Gasteiger partial charge in [-0.3, -0.25) is 4.90 Å². The molecule has 4 rings (SSSR count). The summed E-state index contributed by atoms with van der Waals surface area (Å²) >= 11 is 0. The molecule has 0 unspecified atom stereocenters. The van der Waals surface area contributed by atoms with Gasteiger partial charge in [-0.15, -0.1) is 0 Å². The second kappa shape index (κ2) is 10.4. The van der Waals surface area contributed by atoms with Gasteiger partial charge in [-0.05, 0) is 78.4 Å². The van der Waals surface area contributed by atoms with Crippen LogP contribution in [0.3, 0.4) is 0 Å². The first-order valence-corrected chi connectivity index (χ1v) is 11.1. The molecule has 1 heterocycles. The first kappa shape index (κ1) is 22.0. The Bertz CT molecular complexity index is 1080. The molecule has 0 saturated carbocycles. The lowest BCUT2D eigenvalue weighted by Crippen LogP contribution is -2.24. The number of ether oxygens (including phenoxy) is 1. The fourth-order valence-corrected chi connectivity index (χ4v) is 4.21. The average Bonchev–Trinajstić information content (AvgIpc) is 2.76. The number of carboxylic acid groups (broad SMARTS) is 1. The molecular formula is C27H28FNO3. The van der Waals surface area contributed by atoms with E-state index in [1.54, 1.807) is 30.3 Å². The lowest BCUT2D eigenvalue weighted by molar-refractivity contribution is 0.0696. The molecule has 32 heavy (non-hydrogen) atoms. The molecule has 0 spiro atoms. The van der Waals surface area contributed by atoms with Crippen molar-refractivity contribution in [3.8, 4) is 5.75 Å².